The molecule has 86 valence electrons. The van der Waals surface area contributed by atoms with Gasteiger partial charge in [-0.05, 0) is 42.9 Å². The van der Waals surface area contributed by atoms with Crippen LogP contribution in [0.2, 0.25) is 0 Å². The summed E-state index contributed by atoms with van der Waals surface area (Å²) in [7, 11) is 0. The lowest BCUT2D eigenvalue weighted by atomic mass is 9.57. The van der Waals surface area contributed by atoms with Crippen molar-refractivity contribution < 1.29 is 4.79 Å². The summed E-state index contributed by atoms with van der Waals surface area (Å²) < 4.78 is 0. The van der Waals surface area contributed by atoms with Crippen molar-refractivity contribution >= 4 is 5.78 Å². The fraction of sp³-hybridized carbons (Fsp3) is 0.929. The number of hydrogen-bond acceptors (Lipinski definition) is 1. The zero-order valence-electron chi connectivity index (χ0n) is 10.4. The van der Waals surface area contributed by atoms with E-state index in [0.29, 0.717) is 17.6 Å². The molecule has 15 heavy (non-hydrogen) atoms. The van der Waals surface area contributed by atoms with Crippen LogP contribution in [0.15, 0.2) is 0 Å². The normalized spacial score (nSPS) is 33.9. The maximum Gasteiger partial charge on any atom is 0.136 e. The van der Waals surface area contributed by atoms with Gasteiger partial charge in [-0.1, -0.05) is 27.2 Å². The average molecular weight is 208 g/mol. The SMILES string of the molecule is CC1CCC(C(C)(C)C2CCC2)C(=O)C1. The number of Topliss-reactive ketones (excluding diaryl/α,β-unsaturated/α-hetero) is 1. The summed E-state index contributed by atoms with van der Waals surface area (Å²) in [5.74, 6) is 2.36. The summed E-state index contributed by atoms with van der Waals surface area (Å²) >= 11 is 0. The van der Waals surface area contributed by atoms with E-state index in [1.165, 1.54) is 25.7 Å². The van der Waals surface area contributed by atoms with Gasteiger partial charge in [0.05, 0.1) is 0 Å². The van der Waals surface area contributed by atoms with Crippen LogP contribution in [0.4, 0.5) is 0 Å². The molecular formula is C14H24O. The Labute approximate surface area is 93.6 Å². The molecule has 2 rings (SSSR count). The Bertz CT molecular complexity index is 250. The number of ketones is 1. The van der Waals surface area contributed by atoms with E-state index >= 15 is 0 Å². The Morgan fingerprint density at radius 1 is 1.13 bits per heavy atom. The number of rotatable bonds is 2. The minimum atomic E-state index is 0.273. The van der Waals surface area contributed by atoms with Crippen molar-refractivity contribution in [1.82, 2.24) is 0 Å². The highest BCUT2D eigenvalue weighted by Gasteiger charge is 2.44. The summed E-state index contributed by atoms with van der Waals surface area (Å²) in [6.45, 7) is 6.87. The molecular weight excluding hydrogens is 184 g/mol. The minimum Gasteiger partial charge on any atom is -0.299 e. The van der Waals surface area contributed by atoms with Gasteiger partial charge in [-0.2, -0.15) is 0 Å². The molecule has 2 atom stereocenters. The summed E-state index contributed by atoms with van der Waals surface area (Å²) in [5.41, 5.74) is 0.273. The third kappa shape index (κ3) is 1.98. The Kier molecular flexibility index (Phi) is 2.92. The number of carbonyl (C=O) groups excluding carboxylic acids is 1. The van der Waals surface area contributed by atoms with E-state index in [1.54, 1.807) is 0 Å². The van der Waals surface area contributed by atoms with Crippen molar-refractivity contribution in [2.45, 2.75) is 59.3 Å². The highest BCUT2D eigenvalue weighted by atomic mass is 16.1. The lowest BCUT2D eigenvalue weighted by Gasteiger charge is -2.46. The van der Waals surface area contributed by atoms with Crippen molar-refractivity contribution in [3.63, 3.8) is 0 Å². The molecule has 0 aromatic carbocycles. The Morgan fingerprint density at radius 2 is 1.80 bits per heavy atom. The molecule has 0 bridgehead atoms. The Hall–Kier alpha value is -0.330. The van der Waals surface area contributed by atoms with Gasteiger partial charge >= 0.3 is 0 Å². The average Bonchev–Trinajstić information content (AvgIpc) is 1.97. The van der Waals surface area contributed by atoms with Crippen LogP contribution in [-0.4, -0.2) is 5.78 Å². The maximum absolute atomic E-state index is 12.1. The molecule has 1 nitrogen and oxygen atoms in total. The molecule has 0 heterocycles. The second-order valence-electron chi connectivity index (χ2n) is 6.35. The second kappa shape index (κ2) is 3.92. The number of hydrogen-bond donors (Lipinski definition) is 0. The molecule has 0 N–H and O–H groups in total. The van der Waals surface area contributed by atoms with Crippen molar-refractivity contribution in [3.8, 4) is 0 Å². The first-order valence-electron chi connectivity index (χ1n) is 6.54. The van der Waals surface area contributed by atoms with E-state index in [1.807, 2.05) is 0 Å². The zero-order valence-corrected chi connectivity index (χ0v) is 10.4. The van der Waals surface area contributed by atoms with Gasteiger partial charge in [0.15, 0.2) is 0 Å². The standard InChI is InChI=1S/C14H24O/c1-10-7-8-12(13(15)9-10)14(2,3)11-5-4-6-11/h10-12H,4-9H2,1-3H3. The van der Waals surface area contributed by atoms with Gasteiger partial charge in [0, 0.05) is 12.3 Å². The predicted molar refractivity (Wildman–Crippen MR) is 62.6 cm³/mol. The molecule has 0 aromatic rings. The lowest BCUT2D eigenvalue weighted by Crippen LogP contribution is -2.42. The Morgan fingerprint density at radius 3 is 2.27 bits per heavy atom. The molecule has 0 aliphatic heterocycles. The first kappa shape index (κ1) is 11.2. The van der Waals surface area contributed by atoms with Gasteiger partial charge in [-0.15, -0.1) is 0 Å². The third-order valence-corrected chi connectivity index (χ3v) is 4.94. The third-order valence-electron chi connectivity index (χ3n) is 4.94. The molecule has 2 fully saturated rings. The second-order valence-corrected chi connectivity index (χ2v) is 6.35. The van der Waals surface area contributed by atoms with Gasteiger partial charge < -0.3 is 0 Å². The van der Waals surface area contributed by atoms with E-state index in [2.05, 4.69) is 20.8 Å². The van der Waals surface area contributed by atoms with Gasteiger partial charge in [-0.25, -0.2) is 0 Å². The molecule has 0 amide bonds. The van der Waals surface area contributed by atoms with Crippen molar-refractivity contribution in [2.75, 3.05) is 0 Å². The van der Waals surface area contributed by atoms with Crippen LogP contribution in [-0.2, 0) is 4.79 Å². The molecule has 0 radical (unpaired) electrons. The van der Waals surface area contributed by atoms with Crippen LogP contribution in [0.25, 0.3) is 0 Å². The van der Waals surface area contributed by atoms with E-state index in [-0.39, 0.29) is 5.41 Å². The fourth-order valence-corrected chi connectivity index (χ4v) is 3.42. The Balaban J connectivity index is 2.05. The van der Waals surface area contributed by atoms with E-state index in [4.69, 9.17) is 0 Å². The first-order valence-corrected chi connectivity index (χ1v) is 6.54. The molecule has 0 spiro atoms. The summed E-state index contributed by atoms with van der Waals surface area (Å²) in [4.78, 5) is 12.1. The van der Waals surface area contributed by atoms with Gasteiger partial charge in [-0.3, -0.25) is 4.79 Å². The van der Waals surface area contributed by atoms with Crippen molar-refractivity contribution in [1.29, 1.82) is 0 Å². The predicted octanol–water partition coefficient (Wildman–Crippen LogP) is 3.82. The largest absolute Gasteiger partial charge is 0.299 e. The van der Waals surface area contributed by atoms with Crippen LogP contribution in [0.1, 0.15) is 59.3 Å². The van der Waals surface area contributed by atoms with Gasteiger partial charge in [0.2, 0.25) is 0 Å². The summed E-state index contributed by atoms with van der Waals surface area (Å²) in [5, 5.41) is 0. The van der Waals surface area contributed by atoms with E-state index in [0.717, 1.165) is 18.8 Å². The highest BCUT2D eigenvalue weighted by molar-refractivity contribution is 5.82. The summed E-state index contributed by atoms with van der Waals surface area (Å²) in [6, 6.07) is 0. The van der Waals surface area contributed by atoms with E-state index < -0.39 is 0 Å². The zero-order chi connectivity index (χ0) is 11.1. The lowest BCUT2D eigenvalue weighted by molar-refractivity contribution is -0.132. The minimum absolute atomic E-state index is 0.273. The molecule has 2 aliphatic carbocycles. The van der Waals surface area contributed by atoms with Gasteiger partial charge in [0.1, 0.15) is 5.78 Å². The summed E-state index contributed by atoms with van der Waals surface area (Å²) in [6.07, 6.45) is 7.32. The van der Waals surface area contributed by atoms with Crippen LogP contribution in [0.3, 0.4) is 0 Å². The highest BCUT2D eigenvalue weighted by Crippen LogP contribution is 2.49. The quantitative estimate of drug-likeness (QED) is 0.674. The van der Waals surface area contributed by atoms with Crippen molar-refractivity contribution in [3.05, 3.63) is 0 Å². The van der Waals surface area contributed by atoms with Crippen LogP contribution < -0.4 is 0 Å². The molecule has 2 aliphatic rings. The molecule has 0 saturated heterocycles. The topological polar surface area (TPSA) is 17.1 Å². The molecule has 2 saturated carbocycles. The van der Waals surface area contributed by atoms with Crippen LogP contribution >= 0.6 is 0 Å². The smallest absolute Gasteiger partial charge is 0.136 e. The van der Waals surface area contributed by atoms with Crippen LogP contribution in [0.5, 0.6) is 0 Å². The molecule has 2 unspecified atom stereocenters. The molecule has 1 heteroatoms. The van der Waals surface area contributed by atoms with E-state index in [9.17, 15) is 4.79 Å². The maximum atomic E-state index is 12.1. The van der Waals surface area contributed by atoms with Gasteiger partial charge in [0.25, 0.3) is 0 Å². The fourth-order valence-electron chi connectivity index (χ4n) is 3.42. The first-order chi connectivity index (χ1) is 7.01. The number of carbonyl (C=O) groups is 1. The molecule has 0 aromatic heterocycles. The van der Waals surface area contributed by atoms with Crippen molar-refractivity contribution in [2.24, 2.45) is 23.2 Å². The van der Waals surface area contributed by atoms with Crippen LogP contribution in [0, 0.1) is 23.2 Å². The monoisotopic (exact) mass is 208 g/mol.